The Kier molecular flexibility index (Phi) is 3.48. The molecule has 1 aliphatic rings. The molecule has 0 spiro atoms. The highest BCUT2D eigenvalue weighted by molar-refractivity contribution is 7.09. The Morgan fingerprint density at radius 2 is 1.90 bits per heavy atom. The second-order valence-corrected chi connectivity index (χ2v) is 6.16. The van der Waals surface area contributed by atoms with Crippen LogP contribution in [0.4, 0.5) is 0 Å². The third kappa shape index (κ3) is 2.43. The van der Waals surface area contributed by atoms with Crippen molar-refractivity contribution in [3.8, 4) is 0 Å². The van der Waals surface area contributed by atoms with Crippen molar-refractivity contribution in [1.29, 1.82) is 0 Å². The average molecular weight is 288 g/mol. The molecule has 0 atom stereocenters. The molecule has 1 aliphatic heterocycles. The summed E-state index contributed by atoms with van der Waals surface area (Å²) < 4.78 is 0. The van der Waals surface area contributed by atoms with Gasteiger partial charge in [-0.15, -0.1) is 11.3 Å². The van der Waals surface area contributed by atoms with E-state index in [1.54, 1.807) is 29.8 Å². The molecule has 1 fully saturated rings. The molecule has 1 amide bonds. The molecule has 1 saturated heterocycles. The fraction of sp³-hybridized carbons (Fsp3) is 0.429. The van der Waals surface area contributed by atoms with E-state index < -0.39 is 0 Å². The second-order valence-electron chi connectivity index (χ2n) is 5.26. The standard InChI is InChI=1S/C14H16N4OS/c1-14(13-17-7-10-20-13)3-8-18(9-4-14)12(19)11-15-5-2-6-16-11/h2,5-7,10H,3-4,8-9H2,1H3. The van der Waals surface area contributed by atoms with E-state index in [2.05, 4.69) is 21.9 Å². The maximum Gasteiger partial charge on any atom is 0.291 e. The molecule has 0 bridgehead atoms. The summed E-state index contributed by atoms with van der Waals surface area (Å²) in [4.78, 5) is 26.6. The van der Waals surface area contributed by atoms with Crippen LogP contribution in [0.1, 0.15) is 35.4 Å². The van der Waals surface area contributed by atoms with Crippen molar-refractivity contribution in [3.63, 3.8) is 0 Å². The van der Waals surface area contributed by atoms with Gasteiger partial charge >= 0.3 is 0 Å². The number of hydrogen-bond acceptors (Lipinski definition) is 5. The van der Waals surface area contributed by atoms with Gasteiger partial charge in [-0.1, -0.05) is 6.92 Å². The molecule has 0 unspecified atom stereocenters. The van der Waals surface area contributed by atoms with E-state index in [4.69, 9.17) is 0 Å². The van der Waals surface area contributed by atoms with Crippen LogP contribution >= 0.6 is 11.3 Å². The van der Waals surface area contributed by atoms with Crippen molar-refractivity contribution < 1.29 is 4.79 Å². The van der Waals surface area contributed by atoms with Crippen LogP contribution in [0, 0.1) is 0 Å². The average Bonchev–Trinajstić information content (AvgIpc) is 3.03. The first-order valence-electron chi connectivity index (χ1n) is 6.65. The Labute approximate surface area is 121 Å². The summed E-state index contributed by atoms with van der Waals surface area (Å²) in [5.74, 6) is 0.206. The topological polar surface area (TPSA) is 59.0 Å². The third-order valence-electron chi connectivity index (χ3n) is 3.86. The highest BCUT2D eigenvalue weighted by Crippen LogP contribution is 2.36. The van der Waals surface area contributed by atoms with Crippen LogP contribution in [0.15, 0.2) is 30.0 Å². The fourth-order valence-corrected chi connectivity index (χ4v) is 3.35. The molecule has 0 N–H and O–H groups in total. The van der Waals surface area contributed by atoms with Gasteiger partial charge in [-0.05, 0) is 18.9 Å². The maximum atomic E-state index is 12.3. The van der Waals surface area contributed by atoms with Crippen LogP contribution in [0.5, 0.6) is 0 Å². The number of carbonyl (C=O) groups is 1. The van der Waals surface area contributed by atoms with Crippen LogP contribution in [0.2, 0.25) is 0 Å². The summed E-state index contributed by atoms with van der Waals surface area (Å²) in [5.41, 5.74) is 0.0858. The molecule has 3 heterocycles. The van der Waals surface area contributed by atoms with Crippen molar-refractivity contribution in [2.45, 2.75) is 25.2 Å². The molecule has 2 aromatic rings. The second kappa shape index (κ2) is 5.28. The summed E-state index contributed by atoms with van der Waals surface area (Å²) in [5, 5.41) is 3.18. The Balaban J connectivity index is 1.69. The van der Waals surface area contributed by atoms with Gasteiger partial charge in [0.25, 0.3) is 5.91 Å². The predicted molar refractivity (Wildman–Crippen MR) is 76.6 cm³/mol. The van der Waals surface area contributed by atoms with Gasteiger partial charge in [-0.3, -0.25) is 4.79 Å². The maximum absolute atomic E-state index is 12.3. The highest BCUT2D eigenvalue weighted by atomic mass is 32.1. The number of likely N-dealkylation sites (tertiary alicyclic amines) is 1. The van der Waals surface area contributed by atoms with Crippen molar-refractivity contribution in [2.75, 3.05) is 13.1 Å². The number of amides is 1. The van der Waals surface area contributed by atoms with Crippen molar-refractivity contribution in [2.24, 2.45) is 0 Å². The van der Waals surface area contributed by atoms with Crippen LogP contribution in [0.25, 0.3) is 0 Å². The van der Waals surface area contributed by atoms with Crippen LogP contribution in [-0.4, -0.2) is 38.8 Å². The van der Waals surface area contributed by atoms with Gasteiger partial charge in [0, 0.05) is 42.5 Å². The highest BCUT2D eigenvalue weighted by Gasteiger charge is 2.35. The number of piperidine rings is 1. The summed E-state index contributed by atoms with van der Waals surface area (Å²) in [6.07, 6.45) is 6.91. The van der Waals surface area contributed by atoms with E-state index in [0.717, 1.165) is 25.9 Å². The zero-order chi connectivity index (χ0) is 14.0. The molecule has 0 saturated carbocycles. The Morgan fingerprint density at radius 3 is 2.50 bits per heavy atom. The SMILES string of the molecule is CC1(c2nccs2)CCN(C(=O)c2ncccn2)CC1. The largest absolute Gasteiger partial charge is 0.336 e. The number of carbonyl (C=O) groups excluding carboxylic acids is 1. The predicted octanol–water partition coefficient (Wildman–Crippen LogP) is 2.13. The Bertz CT molecular complexity index is 576. The van der Waals surface area contributed by atoms with E-state index in [-0.39, 0.29) is 17.1 Å². The van der Waals surface area contributed by atoms with E-state index >= 15 is 0 Å². The monoisotopic (exact) mass is 288 g/mol. The van der Waals surface area contributed by atoms with Crippen molar-refractivity contribution >= 4 is 17.2 Å². The molecule has 2 aromatic heterocycles. The first kappa shape index (κ1) is 13.2. The Morgan fingerprint density at radius 1 is 1.20 bits per heavy atom. The molecule has 0 aliphatic carbocycles. The molecule has 0 radical (unpaired) electrons. The zero-order valence-electron chi connectivity index (χ0n) is 11.3. The number of thiazole rings is 1. The first-order chi connectivity index (χ1) is 9.69. The summed E-state index contributed by atoms with van der Waals surface area (Å²) in [6.45, 7) is 3.69. The van der Waals surface area contributed by atoms with Gasteiger partial charge in [-0.25, -0.2) is 15.0 Å². The molecule has 3 rings (SSSR count). The fourth-order valence-electron chi connectivity index (χ4n) is 2.49. The molecule has 0 aromatic carbocycles. The van der Waals surface area contributed by atoms with E-state index in [1.165, 1.54) is 5.01 Å². The van der Waals surface area contributed by atoms with Crippen LogP contribution in [0.3, 0.4) is 0 Å². The number of nitrogens with zero attached hydrogens (tertiary/aromatic N) is 4. The number of rotatable bonds is 2. The molecule has 6 heteroatoms. The van der Waals surface area contributed by atoms with Gasteiger partial charge in [-0.2, -0.15) is 0 Å². The molecule has 104 valence electrons. The van der Waals surface area contributed by atoms with Gasteiger partial charge < -0.3 is 4.90 Å². The molecular weight excluding hydrogens is 272 g/mol. The quantitative estimate of drug-likeness (QED) is 0.849. The normalized spacial score (nSPS) is 17.9. The first-order valence-corrected chi connectivity index (χ1v) is 7.53. The lowest BCUT2D eigenvalue weighted by Crippen LogP contribution is -2.44. The number of hydrogen-bond donors (Lipinski definition) is 0. The van der Waals surface area contributed by atoms with E-state index in [1.807, 2.05) is 16.5 Å². The zero-order valence-corrected chi connectivity index (χ0v) is 12.1. The van der Waals surface area contributed by atoms with Crippen LogP contribution in [-0.2, 0) is 5.41 Å². The lowest BCUT2D eigenvalue weighted by molar-refractivity contribution is 0.0663. The smallest absolute Gasteiger partial charge is 0.291 e. The van der Waals surface area contributed by atoms with E-state index in [0.29, 0.717) is 0 Å². The number of aromatic nitrogens is 3. The molecule has 20 heavy (non-hydrogen) atoms. The van der Waals surface area contributed by atoms with Crippen molar-refractivity contribution in [3.05, 3.63) is 40.9 Å². The summed E-state index contributed by atoms with van der Waals surface area (Å²) in [6, 6.07) is 1.71. The summed E-state index contributed by atoms with van der Waals surface area (Å²) >= 11 is 1.70. The van der Waals surface area contributed by atoms with Crippen LogP contribution < -0.4 is 0 Å². The van der Waals surface area contributed by atoms with Gasteiger partial charge in [0.1, 0.15) is 0 Å². The van der Waals surface area contributed by atoms with Crippen molar-refractivity contribution in [1.82, 2.24) is 19.9 Å². The lowest BCUT2D eigenvalue weighted by atomic mass is 9.81. The Hall–Kier alpha value is -1.82. The molecule has 5 nitrogen and oxygen atoms in total. The van der Waals surface area contributed by atoms with E-state index in [9.17, 15) is 4.79 Å². The summed E-state index contributed by atoms with van der Waals surface area (Å²) in [7, 11) is 0. The van der Waals surface area contributed by atoms with Gasteiger partial charge in [0.05, 0.1) is 5.01 Å². The molecular formula is C14H16N4OS. The minimum Gasteiger partial charge on any atom is -0.336 e. The minimum atomic E-state index is -0.0770. The third-order valence-corrected chi connectivity index (χ3v) is 4.94. The lowest BCUT2D eigenvalue weighted by Gasteiger charge is -2.37. The van der Waals surface area contributed by atoms with Gasteiger partial charge in [0.15, 0.2) is 0 Å². The minimum absolute atomic E-state index is 0.0770. The van der Waals surface area contributed by atoms with Gasteiger partial charge in [0.2, 0.25) is 5.82 Å².